The number of aromatic nitrogens is 1. The highest BCUT2D eigenvalue weighted by Gasteiger charge is 2.12. The molecule has 0 spiro atoms. The van der Waals surface area contributed by atoms with Crippen LogP contribution < -0.4 is 10.6 Å². The molecule has 2 aromatic rings. The molecular formula is C17H19Br2N3O. The number of rotatable bonds is 5. The van der Waals surface area contributed by atoms with Crippen LogP contribution in [0.2, 0.25) is 0 Å². The molecule has 1 heterocycles. The first-order valence-corrected chi connectivity index (χ1v) is 8.99. The van der Waals surface area contributed by atoms with Gasteiger partial charge < -0.3 is 10.6 Å². The molecule has 6 heteroatoms. The van der Waals surface area contributed by atoms with Gasteiger partial charge in [-0.3, -0.25) is 4.98 Å². The van der Waals surface area contributed by atoms with E-state index >= 15 is 0 Å². The zero-order chi connectivity index (χ0) is 16.8. The van der Waals surface area contributed by atoms with Crippen LogP contribution in [0.3, 0.4) is 0 Å². The van der Waals surface area contributed by atoms with Crippen molar-refractivity contribution in [1.29, 1.82) is 0 Å². The average Bonchev–Trinajstić information content (AvgIpc) is 2.51. The van der Waals surface area contributed by atoms with E-state index < -0.39 is 0 Å². The maximum absolute atomic E-state index is 12.0. The number of pyridine rings is 1. The topological polar surface area (TPSA) is 54.0 Å². The second kappa shape index (κ2) is 8.45. The highest BCUT2D eigenvalue weighted by molar-refractivity contribution is 9.11. The molecule has 2 N–H and O–H groups in total. The van der Waals surface area contributed by atoms with Gasteiger partial charge in [0.15, 0.2) is 0 Å². The first-order chi connectivity index (χ1) is 11.0. The standard InChI is InChI=1S/C17H19Br2N3O/c1-11(2)12-9-14(18)16(15(19)10-12)22-17(23)21-8-6-13-5-3-4-7-20-13/h3-5,7,9-11H,6,8H2,1-2H3,(H2,21,22,23). The molecule has 2 rings (SSSR count). The highest BCUT2D eigenvalue weighted by Crippen LogP contribution is 2.34. The average molecular weight is 441 g/mol. The van der Waals surface area contributed by atoms with Crippen LogP contribution >= 0.6 is 31.9 Å². The van der Waals surface area contributed by atoms with E-state index in [0.29, 0.717) is 18.9 Å². The Morgan fingerprint density at radius 3 is 2.48 bits per heavy atom. The summed E-state index contributed by atoms with van der Waals surface area (Å²) in [7, 11) is 0. The number of urea groups is 1. The number of amides is 2. The molecule has 122 valence electrons. The van der Waals surface area contributed by atoms with Crippen LogP contribution in [0.15, 0.2) is 45.5 Å². The van der Waals surface area contributed by atoms with Crippen molar-refractivity contribution in [2.75, 3.05) is 11.9 Å². The summed E-state index contributed by atoms with van der Waals surface area (Å²) in [6, 6.07) is 9.57. The molecule has 0 atom stereocenters. The number of nitrogens with one attached hydrogen (secondary N) is 2. The van der Waals surface area contributed by atoms with Crippen LogP contribution in [0.1, 0.15) is 31.0 Å². The summed E-state index contributed by atoms with van der Waals surface area (Å²) in [5, 5.41) is 5.71. The molecule has 0 aliphatic heterocycles. The smallest absolute Gasteiger partial charge is 0.319 e. The van der Waals surface area contributed by atoms with Crippen molar-refractivity contribution in [2.24, 2.45) is 0 Å². The summed E-state index contributed by atoms with van der Waals surface area (Å²) in [4.78, 5) is 16.3. The monoisotopic (exact) mass is 439 g/mol. The molecule has 0 radical (unpaired) electrons. The molecule has 0 fully saturated rings. The van der Waals surface area contributed by atoms with Gasteiger partial charge in [0.25, 0.3) is 0 Å². The van der Waals surface area contributed by atoms with E-state index in [0.717, 1.165) is 20.3 Å². The lowest BCUT2D eigenvalue weighted by Crippen LogP contribution is -2.30. The fourth-order valence-corrected chi connectivity index (χ4v) is 3.47. The molecule has 2 amide bonds. The number of halogens is 2. The summed E-state index contributed by atoms with van der Waals surface area (Å²) in [5.41, 5.74) is 2.88. The predicted octanol–water partition coefficient (Wildman–Crippen LogP) is 5.09. The minimum atomic E-state index is -0.236. The molecule has 1 aromatic carbocycles. The predicted molar refractivity (Wildman–Crippen MR) is 101 cm³/mol. The fourth-order valence-electron chi connectivity index (χ4n) is 2.05. The Morgan fingerprint density at radius 2 is 1.91 bits per heavy atom. The van der Waals surface area contributed by atoms with Crippen molar-refractivity contribution >= 4 is 43.6 Å². The molecule has 23 heavy (non-hydrogen) atoms. The molecule has 0 unspecified atom stereocenters. The van der Waals surface area contributed by atoms with E-state index in [2.05, 4.69) is 61.3 Å². The van der Waals surface area contributed by atoms with Gasteiger partial charge in [0.2, 0.25) is 0 Å². The van der Waals surface area contributed by atoms with E-state index in [1.807, 2.05) is 30.3 Å². The van der Waals surface area contributed by atoms with Crippen LogP contribution in [-0.4, -0.2) is 17.6 Å². The number of nitrogens with zero attached hydrogens (tertiary/aromatic N) is 1. The number of benzene rings is 1. The van der Waals surface area contributed by atoms with Crippen LogP contribution in [-0.2, 0) is 6.42 Å². The number of carbonyl (C=O) groups is 1. The summed E-state index contributed by atoms with van der Waals surface area (Å²) < 4.78 is 1.71. The highest BCUT2D eigenvalue weighted by atomic mass is 79.9. The summed E-state index contributed by atoms with van der Waals surface area (Å²) in [6.07, 6.45) is 2.45. The third-order valence-corrected chi connectivity index (χ3v) is 4.61. The van der Waals surface area contributed by atoms with Gasteiger partial charge in [0.1, 0.15) is 0 Å². The number of hydrogen-bond donors (Lipinski definition) is 2. The van der Waals surface area contributed by atoms with Gasteiger partial charge in [0.05, 0.1) is 5.69 Å². The van der Waals surface area contributed by atoms with E-state index in [9.17, 15) is 4.79 Å². The van der Waals surface area contributed by atoms with Gasteiger partial charge in [0, 0.05) is 33.8 Å². The van der Waals surface area contributed by atoms with Crippen molar-refractivity contribution in [3.63, 3.8) is 0 Å². The van der Waals surface area contributed by atoms with Gasteiger partial charge in [-0.1, -0.05) is 19.9 Å². The number of carbonyl (C=O) groups excluding carboxylic acids is 1. The van der Waals surface area contributed by atoms with Crippen LogP contribution in [0, 0.1) is 0 Å². The second-order valence-corrected chi connectivity index (χ2v) is 7.17. The Hall–Kier alpha value is -1.40. The van der Waals surface area contributed by atoms with Crippen molar-refractivity contribution in [1.82, 2.24) is 10.3 Å². The quantitative estimate of drug-likeness (QED) is 0.679. The van der Waals surface area contributed by atoms with Crippen molar-refractivity contribution in [2.45, 2.75) is 26.2 Å². The van der Waals surface area contributed by atoms with Gasteiger partial charge in [-0.05, 0) is 67.6 Å². The normalized spacial score (nSPS) is 10.7. The lowest BCUT2D eigenvalue weighted by molar-refractivity contribution is 0.252. The maximum atomic E-state index is 12.0. The van der Waals surface area contributed by atoms with Crippen LogP contribution in [0.25, 0.3) is 0 Å². The summed E-state index contributed by atoms with van der Waals surface area (Å²) >= 11 is 7.03. The molecule has 0 aliphatic carbocycles. The van der Waals surface area contributed by atoms with E-state index in [-0.39, 0.29) is 6.03 Å². The molecule has 1 aromatic heterocycles. The fraction of sp³-hybridized carbons (Fsp3) is 0.294. The first kappa shape index (κ1) is 17.9. The van der Waals surface area contributed by atoms with Crippen molar-refractivity contribution in [3.05, 3.63) is 56.7 Å². The van der Waals surface area contributed by atoms with Gasteiger partial charge >= 0.3 is 6.03 Å². The second-order valence-electron chi connectivity index (χ2n) is 5.47. The van der Waals surface area contributed by atoms with Crippen LogP contribution in [0.4, 0.5) is 10.5 Å². The summed E-state index contributed by atoms with van der Waals surface area (Å²) in [5.74, 6) is 0.420. The first-order valence-electron chi connectivity index (χ1n) is 7.41. The third-order valence-electron chi connectivity index (χ3n) is 3.36. The zero-order valence-electron chi connectivity index (χ0n) is 13.1. The Morgan fingerprint density at radius 1 is 1.22 bits per heavy atom. The lowest BCUT2D eigenvalue weighted by Gasteiger charge is -2.14. The Labute approximate surface area is 153 Å². The third kappa shape index (κ3) is 5.32. The number of anilines is 1. The summed E-state index contributed by atoms with van der Waals surface area (Å²) in [6.45, 7) is 4.79. The molecule has 0 saturated carbocycles. The number of hydrogen-bond acceptors (Lipinski definition) is 2. The minimum absolute atomic E-state index is 0.236. The molecule has 4 nitrogen and oxygen atoms in total. The van der Waals surface area contributed by atoms with Gasteiger partial charge in [-0.25, -0.2) is 4.79 Å². The van der Waals surface area contributed by atoms with Crippen molar-refractivity contribution < 1.29 is 4.79 Å². The Bertz CT molecular complexity index is 652. The van der Waals surface area contributed by atoms with Crippen molar-refractivity contribution in [3.8, 4) is 0 Å². The Kier molecular flexibility index (Phi) is 6.59. The molecule has 0 saturated heterocycles. The van der Waals surface area contributed by atoms with Gasteiger partial charge in [-0.2, -0.15) is 0 Å². The minimum Gasteiger partial charge on any atom is -0.337 e. The maximum Gasteiger partial charge on any atom is 0.319 e. The van der Waals surface area contributed by atoms with E-state index in [1.165, 1.54) is 5.56 Å². The Balaban J connectivity index is 1.92. The molecular weight excluding hydrogens is 422 g/mol. The zero-order valence-corrected chi connectivity index (χ0v) is 16.2. The lowest BCUT2D eigenvalue weighted by atomic mass is 10.0. The van der Waals surface area contributed by atoms with E-state index in [4.69, 9.17) is 0 Å². The molecule has 0 bridgehead atoms. The largest absolute Gasteiger partial charge is 0.337 e. The SMILES string of the molecule is CC(C)c1cc(Br)c(NC(=O)NCCc2ccccn2)c(Br)c1. The van der Waals surface area contributed by atoms with Crippen LogP contribution in [0.5, 0.6) is 0 Å². The van der Waals surface area contributed by atoms with Gasteiger partial charge in [-0.15, -0.1) is 0 Å². The molecule has 0 aliphatic rings. The van der Waals surface area contributed by atoms with E-state index in [1.54, 1.807) is 6.20 Å².